The van der Waals surface area contributed by atoms with E-state index in [4.69, 9.17) is 101 Å². The summed E-state index contributed by atoms with van der Waals surface area (Å²) in [7, 11) is 0. The van der Waals surface area contributed by atoms with Gasteiger partial charge in [-0.3, -0.25) is 28.8 Å². The number of aliphatic carboxylic acids is 2. The summed E-state index contributed by atoms with van der Waals surface area (Å²) in [5.74, 6) is -3.25. The van der Waals surface area contributed by atoms with Crippen molar-refractivity contribution in [3.8, 4) is 17.2 Å². The minimum atomic E-state index is -5.19. The molecule has 3 aromatic carbocycles. The fourth-order valence-corrected chi connectivity index (χ4v) is 13.1. The van der Waals surface area contributed by atoms with Gasteiger partial charge in [-0.05, 0) is 111 Å². The summed E-state index contributed by atoms with van der Waals surface area (Å²) in [5, 5.41) is 43.5. The Hall–Kier alpha value is -12.3. The Labute approximate surface area is 735 Å². The van der Waals surface area contributed by atoms with Crippen LogP contribution in [0, 0.1) is 0 Å². The van der Waals surface area contributed by atoms with Gasteiger partial charge in [0.15, 0.2) is 87.5 Å². The monoisotopic (exact) mass is 1830 g/mol. The number of ether oxygens (including phenoxy) is 4. The molecule has 1 fully saturated rings. The van der Waals surface area contributed by atoms with Crippen LogP contribution in [0.3, 0.4) is 0 Å². The zero-order chi connectivity index (χ0) is 93.5. The number of nitrogens with zero attached hydrogens (tertiary/aromatic N) is 13. The first-order valence-electron chi connectivity index (χ1n) is 39.9. The third-order valence-electron chi connectivity index (χ3n) is 18.5. The van der Waals surface area contributed by atoms with Crippen molar-refractivity contribution >= 4 is 139 Å². The number of unbranched alkanes of at least 4 members (excludes halogenated alkanes) is 2. The second kappa shape index (κ2) is 51.8. The van der Waals surface area contributed by atoms with E-state index in [1.807, 2.05) is 103 Å². The van der Waals surface area contributed by atoms with Crippen LogP contribution >= 0.6 is 34.8 Å². The molecular weight excluding hydrogens is 1730 g/mol. The van der Waals surface area contributed by atoms with Gasteiger partial charge in [-0.1, -0.05) is 61.5 Å². The minimum absolute atomic E-state index is 0.0115. The first-order valence-corrected chi connectivity index (χ1v) is 41.0. The van der Waals surface area contributed by atoms with E-state index in [9.17, 15) is 55.1 Å². The number of carboxylic acids is 2. The maximum atomic E-state index is 12.8. The first-order chi connectivity index (χ1) is 59.9. The zero-order valence-electron chi connectivity index (χ0n) is 70.7. The number of anilines is 3. The van der Waals surface area contributed by atoms with Gasteiger partial charge in [-0.15, -0.1) is 0 Å². The molecule has 10 rings (SSSR count). The lowest BCUT2D eigenvalue weighted by Gasteiger charge is -2.32. The number of nitrogens with two attached hydrogens (primary N) is 3. The Morgan fingerprint density at radius 3 is 1.08 bits per heavy atom. The van der Waals surface area contributed by atoms with Gasteiger partial charge < -0.3 is 103 Å². The number of carboxylic acid groups (broad SMARTS) is 3. The molecule has 0 spiro atoms. The number of nitrogens with one attached hydrogen (secondary N) is 6. The summed E-state index contributed by atoms with van der Waals surface area (Å²) in [6.07, 6.45) is -0.752. The Balaban J connectivity index is 0.000000307. The van der Waals surface area contributed by atoms with Crippen molar-refractivity contribution in [2.75, 3.05) is 83.0 Å². The third-order valence-corrected chi connectivity index (χ3v) is 19.1. The number of carbonyl (C=O) groups is 9. The summed E-state index contributed by atoms with van der Waals surface area (Å²) in [6.45, 7) is 28.2. The quantitative estimate of drug-likeness (QED) is 0.0119. The molecule has 12 N–H and O–H groups in total. The van der Waals surface area contributed by atoms with Crippen LogP contribution in [0.25, 0.3) is 33.1 Å². The second-order valence-electron chi connectivity index (χ2n) is 26.8. The van der Waals surface area contributed by atoms with Gasteiger partial charge in [0.2, 0.25) is 0 Å². The number of carbonyl (C=O) groups excluding carboxylic acids is 9. The number of hydrogen-bond donors (Lipinski definition) is 9. The SMILES string of the molecule is CCCCNC(=O)COc1ccc2c(c1)n(CC)c(CNC(=O)c1nc(Cl)cnc1N)[n+]2CC.CCCCNC(=O)COc1ccc2c(c1)n(CC)c(CNC(=O)c1nc(Cl)cnc1N)[n+]2CC.CCOCCN1CCC(NC(=O)COc2ccc3c(c2)n(CC)c(CNC(=O)c2nc(Cl)cnc2N)[n+]3CC)CC1.O=C([O-])C(F)(F)F.O=C([O-])C(F)(F)F.O=C[O-]. The molecule has 38 nitrogen and oxygen atoms in total. The standard InChI is InChI=1S/C28H39ClN8O4.2C23H30ClN7O3.2C2HF3O2.CH2O2/c1-4-36-21-8-7-20(41-18-24(38)33-19-9-11-35(12-10-19)13-14-40-6-3)15-22(21)37(5-2)25(36)17-32-28(39)26-27(30)31-16-23(29)34-26;2*1-4-7-10-26-19(32)14-34-15-8-9-16-17(11-15)31(6-3)20(30(16)5-2)13-28-23(33)21-22(25)27-12-18(24)29-21;2*3-2(4,5)1(6)7;2-1-3/h7-8,15-16,19H,4-6,9-14,17-18H2,1-3H3,(H3-,30,31,32,33,38,39);2*8-9,11-12H,4-7,10,13-14H2,1-3H3,(H3-,25,26,27,28,32,33);2*(H,6,7);1H,(H,2,3). The van der Waals surface area contributed by atoms with E-state index in [1.54, 1.807) is 0 Å². The average Bonchev–Trinajstić information content (AvgIpc) is 1.63. The van der Waals surface area contributed by atoms with E-state index in [0.29, 0.717) is 69.6 Å². The number of piperidine rings is 1. The average molecular weight is 1840 g/mol. The van der Waals surface area contributed by atoms with Crippen molar-refractivity contribution in [1.82, 2.24) is 80.4 Å². The molecule has 47 heteroatoms. The fraction of sp³-hybridized carbons (Fsp3) is 0.468. The molecule has 6 amide bonds. The zero-order valence-corrected chi connectivity index (χ0v) is 73.0. The molecule has 688 valence electrons. The lowest BCUT2D eigenvalue weighted by atomic mass is 10.1. The van der Waals surface area contributed by atoms with Gasteiger partial charge >= 0.3 is 12.4 Å². The minimum Gasteiger partial charge on any atom is -0.554 e. The molecule has 0 aliphatic carbocycles. The normalized spacial score (nSPS) is 11.9. The summed E-state index contributed by atoms with van der Waals surface area (Å²) in [6, 6.07) is 17.4. The molecule has 0 atom stereocenters. The number of imidazole rings is 3. The molecule has 9 aromatic rings. The second-order valence-corrected chi connectivity index (χ2v) is 28.0. The number of alkyl halides is 6. The number of aryl methyl sites for hydroxylation is 6. The maximum Gasteiger partial charge on any atom is 0.430 e. The smallest absolute Gasteiger partial charge is 0.430 e. The number of nitrogen functional groups attached to an aromatic ring is 3. The highest BCUT2D eigenvalue weighted by molar-refractivity contribution is 6.30. The topological polar surface area (TPSA) is 517 Å². The van der Waals surface area contributed by atoms with Crippen LogP contribution < -0.4 is 92.3 Å². The van der Waals surface area contributed by atoms with Gasteiger partial charge in [-0.2, -0.15) is 26.3 Å². The predicted molar refractivity (Wildman–Crippen MR) is 443 cm³/mol. The van der Waals surface area contributed by atoms with Gasteiger partial charge in [0, 0.05) is 70.0 Å². The molecule has 6 aromatic heterocycles. The van der Waals surface area contributed by atoms with Gasteiger partial charge in [0.1, 0.15) is 64.3 Å². The molecule has 0 bridgehead atoms. The molecule has 1 aliphatic heterocycles. The number of amides is 6. The fourth-order valence-electron chi connectivity index (χ4n) is 12.7. The largest absolute Gasteiger partial charge is 0.554 e. The van der Waals surface area contributed by atoms with E-state index < -0.39 is 48.5 Å². The molecule has 7 heterocycles. The number of halogens is 9. The molecule has 1 aliphatic rings. The third kappa shape index (κ3) is 31.4. The lowest BCUT2D eigenvalue weighted by Crippen LogP contribution is -2.46. The van der Waals surface area contributed by atoms with Crippen molar-refractivity contribution in [2.45, 2.75) is 178 Å². The van der Waals surface area contributed by atoms with Crippen LogP contribution in [0.2, 0.25) is 15.5 Å². The molecule has 1 saturated heterocycles. The van der Waals surface area contributed by atoms with E-state index in [0.717, 1.165) is 122 Å². The van der Waals surface area contributed by atoms with Crippen LogP contribution in [0.1, 0.15) is 150 Å². The summed E-state index contributed by atoms with van der Waals surface area (Å²) >= 11 is 17.6. The van der Waals surface area contributed by atoms with E-state index in [-0.39, 0.29) is 113 Å². The number of benzene rings is 3. The Bertz CT molecular complexity index is 4960. The summed E-state index contributed by atoms with van der Waals surface area (Å²) in [4.78, 5) is 127. The molecule has 126 heavy (non-hydrogen) atoms. The van der Waals surface area contributed by atoms with Crippen LogP contribution in [0.15, 0.2) is 73.2 Å². The Morgan fingerprint density at radius 1 is 0.508 bits per heavy atom. The number of likely N-dealkylation sites (tertiary alicyclic amines) is 1. The van der Waals surface area contributed by atoms with Crippen LogP contribution in [0.4, 0.5) is 43.8 Å². The highest BCUT2D eigenvalue weighted by Gasteiger charge is 2.33. The maximum absolute atomic E-state index is 12.8. The molecule has 0 unspecified atom stereocenters. The van der Waals surface area contributed by atoms with Gasteiger partial charge in [-0.25, -0.2) is 57.3 Å². The van der Waals surface area contributed by atoms with Crippen LogP contribution in [-0.4, -0.2) is 187 Å². The van der Waals surface area contributed by atoms with E-state index >= 15 is 0 Å². The van der Waals surface area contributed by atoms with E-state index in [2.05, 4.69) is 108 Å². The molecule has 0 radical (unpaired) electrons. The van der Waals surface area contributed by atoms with Gasteiger partial charge in [0.05, 0.1) is 64.5 Å². The number of hydrogen-bond acceptors (Lipinski definition) is 26. The van der Waals surface area contributed by atoms with Crippen molar-refractivity contribution < 1.29 is 117 Å². The Kier molecular flexibility index (Phi) is 42.9. The first kappa shape index (κ1) is 104. The van der Waals surface area contributed by atoms with Crippen LogP contribution in [-0.2, 0) is 92.4 Å². The molecule has 0 saturated carbocycles. The predicted octanol–water partition coefficient (Wildman–Crippen LogP) is 3.32. The van der Waals surface area contributed by atoms with Crippen molar-refractivity contribution in [3.05, 3.63) is 123 Å². The van der Waals surface area contributed by atoms with Gasteiger partial charge in [0.25, 0.3) is 52.9 Å². The van der Waals surface area contributed by atoms with E-state index in [1.165, 1.54) is 18.6 Å². The highest BCUT2D eigenvalue weighted by Crippen LogP contribution is 2.27. The van der Waals surface area contributed by atoms with Crippen LogP contribution in [0.5, 0.6) is 17.2 Å². The number of fused-ring (bicyclic) bond motifs is 3. The number of aromatic nitrogens is 12. The number of rotatable bonds is 35. The Morgan fingerprint density at radius 2 is 0.810 bits per heavy atom. The van der Waals surface area contributed by atoms with Crippen molar-refractivity contribution in [3.63, 3.8) is 0 Å². The summed E-state index contributed by atoms with van der Waals surface area (Å²) < 4.78 is 98.6. The molecular formula is C79H103Cl3F6N22O16. The lowest BCUT2D eigenvalue weighted by molar-refractivity contribution is -0.676. The van der Waals surface area contributed by atoms with Crippen molar-refractivity contribution in [1.29, 1.82) is 0 Å². The highest BCUT2D eigenvalue weighted by atomic mass is 35.5. The van der Waals surface area contributed by atoms with Crippen molar-refractivity contribution in [2.24, 2.45) is 0 Å². The summed E-state index contributed by atoms with van der Waals surface area (Å²) in [5.41, 5.74) is 23.2.